The van der Waals surface area contributed by atoms with Crippen LogP contribution in [0, 0.1) is 5.92 Å². The first-order chi connectivity index (χ1) is 8.86. The zero-order valence-corrected chi connectivity index (χ0v) is 11.8. The molecule has 1 aliphatic heterocycles. The number of likely N-dealkylation sites (N-methyl/N-ethyl adjacent to an activating group) is 1. The highest BCUT2D eigenvalue weighted by molar-refractivity contribution is 7.07. The number of ether oxygens (including phenoxy) is 1. The Kier molecular flexibility index (Phi) is 3.99. The van der Waals surface area contributed by atoms with E-state index in [2.05, 4.69) is 27.0 Å². The van der Waals surface area contributed by atoms with Crippen molar-refractivity contribution in [2.24, 2.45) is 5.92 Å². The molecule has 1 aromatic heterocycles. The zero-order valence-electron chi connectivity index (χ0n) is 11.0. The van der Waals surface area contributed by atoms with Crippen LogP contribution in [0.1, 0.15) is 18.4 Å². The predicted molar refractivity (Wildman–Crippen MR) is 74.9 cm³/mol. The number of nitrogens with zero attached hydrogens (tertiary/aromatic N) is 1. The van der Waals surface area contributed by atoms with Gasteiger partial charge in [-0.05, 0) is 42.3 Å². The average molecular weight is 266 g/mol. The third-order valence-electron chi connectivity index (χ3n) is 4.07. The molecule has 0 amide bonds. The molecule has 2 unspecified atom stereocenters. The lowest BCUT2D eigenvalue weighted by atomic mass is 10.0. The molecule has 1 N–H and O–H groups in total. The largest absolute Gasteiger partial charge is 0.379 e. The SMILES string of the molecule is CNC1COCC1CN(Cc1ccsc1)C1CC1. The lowest BCUT2D eigenvalue weighted by molar-refractivity contribution is 0.161. The fourth-order valence-electron chi connectivity index (χ4n) is 2.80. The Morgan fingerprint density at radius 3 is 3.00 bits per heavy atom. The van der Waals surface area contributed by atoms with Crippen molar-refractivity contribution in [2.45, 2.75) is 31.5 Å². The molecule has 2 aliphatic rings. The maximum atomic E-state index is 5.61. The molecule has 4 heteroatoms. The topological polar surface area (TPSA) is 24.5 Å². The summed E-state index contributed by atoms with van der Waals surface area (Å²) < 4.78 is 5.61. The van der Waals surface area contributed by atoms with Gasteiger partial charge in [0.2, 0.25) is 0 Å². The lowest BCUT2D eigenvalue weighted by Gasteiger charge is -2.27. The van der Waals surface area contributed by atoms with Gasteiger partial charge in [0.05, 0.1) is 13.2 Å². The highest BCUT2D eigenvalue weighted by Crippen LogP contribution is 2.30. The van der Waals surface area contributed by atoms with E-state index in [4.69, 9.17) is 4.74 Å². The van der Waals surface area contributed by atoms with Crippen LogP contribution in [-0.2, 0) is 11.3 Å². The monoisotopic (exact) mass is 266 g/mol. The Balaban J connectivity index is 1.60. The minimum Gasteiger partial charge on any atom is -0.379 e. The Morgan fingerprint density at radius 1 is 1.44 bits per heavy atom. The van der Waals surface area contributed by atoms with Crippen molar-refractivity contribution in [1.82, 2.24) is 10.2 Å². The molecule has 2 fully saturated rings. The first-order valence-corrected chi connectivity index (χ1v) is 7.81. The van der Waals surface area contributed by atoms with Crippen LogP contribution >= 0.6 is 11.3 Å². The van der Waals surface area contributed by atoms with Crippen molar-refractivity contribution in [2.75, 3.05) is 26.8 Å². The van der Waals surface area contributed by atoms with Gasteiger partial charge in [0.25, 0.3) is 0 Å². The minimum absolute atomic E-state index is 0.536. The molecule has 1 saturated carbocycles. The molecular weight excluding hydrogens is 244 g/mol. The summed E-state index contributed by atoms with van der Waals surface area (Å²) in [7, 11) is 2.05. The number of thiophene rings is 1. The second-order valence-corrected chi connectivity index (χ2v) is 6.26. The summed E-state index contributed by atoms with van der Waals surface area (Å²) in [6, 6.07) is 3.61. The van der Waals surface area contributed by atoms with Crippen LogP contribution in [0.2, 0.25) is 0 Å². The van der Waals surface area contributed by atoms with E-state index in [0.29, 0.717) is 12.0 Å². The Labute approximate surface area is 113 Å². The van der Waals surface area contributed by atoms with Gasteiger partial charge in [-0.15, -0.1) is 0 Å². The Hall–Kier alpha value is -0.420. The molecular formula is C14H22N2OS. The molecule has 1 aliphatic carbocycles. The Bertz CT molecular complexity index is 364. The van der Waals surface area contributed by atoms with Gasteiger partial charge in [0.15, 0.2) is 0 Å². The van der Waals surface area contributed by atoms with Crippen molar-refractivity contribution in [3.05, 3.63) is 22.4 Å². The summed E-state index contributed by atoms with van der Waals surface area (Å²) in [6.45, 7) is 4.07. The summed E-state index contributed by atoms with van der Waals surface area (Å²) >= 11 is 1.80. The van der Waals surface area contributed by atoms with Crippen molar-refractivity contribution in [3.63, 3.8) is 0 Å². The normalized spacial score (nSPS) is 28.1. The molecule has 100 valence electrons. The van der Waals surface area contributed by atoms with E-state index in [-0.39, 0.29) is 0 Å². The van der Waals surface area contributed by atoms with E-state index in [0.717, 1.165) is 25.8 Å². The molecule has 0 aromatic carbocycles. The summed E-state index contributed by atoms with van der Waals surface area (Å²) in [5.74, 6) is 0.647. The average Bonchev–Trinajstić information content (AvgIpc) is 2.92. The highest BCUT2D eigenvalue weighted by atomic mass is 32.1. The maximum Gasteiger partial charge on any atom is 0.0623 e. The summed E-state index contributed by atoms with van der Waals surface area (Å²) in [4.78, 5) is 2.66. The quantitative estimate of drug-likeness (QED) is 0.852. The highest BCUT2D eigenvalue weighted by Gasteiger charge is 2.34. The van der Waals surface area contributed by atoms with Gasteiger partial charge in [-0.3, -0.25) is 4.90 Å². The van der Waals surface area contributed by atoms with Crippen LogP contribution in [0.4, 0.5) is 0 Å². The molecule has 2 atom stereocenters. The molecule has 18 heavy (non-hydrogen) atoms. The van der Waals surface area contributed by atoms with Crippen molar-refractivity contribution in [1.29, 1.82) is 0 Å². The maximum absolute atomic E-state index is 5.61. The number of hydrogen-bond donors (Lipinski definition) is 1. The first kappa shape index (κ1) is 12.6. The summed E-state index contributed by atoms with van der Waals surface area (Å²) in [6.07, 6.45) is 2.75. The van der Waals surface area contributed by atoms with Gasteiger partial charge < -0.3 is 10.1 Å². The van der Waals surface area contributed by atoms with Crippen LogP contribution in [0.5, 0.6) is 0 Å². The second-order valence-electron chi connectivity index (χ2n) is 5.48. The lowest BCUT2D eigenvalue weighted by Crippen LogP contribution is -2.40. The third-order valence-corrected chi connectivity index (χ3v) is 4.80. The van der Waals surface area contributed by atoms with Gasteiger partial charge in [-0.1, -0.05) is 0 Å². The van der Waals surface area contributed by atoms with E-state index in [1.807, 2.05) is 7.05 Å². The van der Waals surface area contributed by atoms with E-state index < -0.39 is 0 Å². The molecule has 3 rings (SSSR count). The molecule has 0 radical (unpaired) electrons. The fourth-order valence-corrected chi connectivity index (χ4v) is 3.46. The standard InChI is InChI=1S/C14H22N2OS/c1-15-14-9-17-8-12(14)7-16(13-2-3-13)6-11-4-5-18-10-11/h4-5,10,12-15H,2-3,6-9H2,1H3. The van der Waals surface area contributed by atoms with E-state index in [1.54, 1.807) is 11.3 Å². The zero-order chi connectivity index (χ0) is 12.4. The minimum atomic E-state index is 0.536. The van der Waals surface area contributed by atoms with Crippen molar-refractivity contribution >= 4 is 11.3 Å². The molecule has 1 aromatic rings. The molecule has 1 saturated heterocycles. The van der Waals surface area contributed by atoms with Crippen LogP contribution in [-0.4, -0.2) is 43.8 Å². The van der Waals surface area contributed by atoms with E-state index in [1.165, 1.54) is 24.9 Å². The number of rotatable bonds is 6. The van der Waals surface area contributed by atoms with Gasteiger partial charge in [-0.25, -0.2) is 0 Å². The smallest absolute Gasteiger partial charge is 0.0623 e. The van der Waals surface area contributed by atoms with Crippen molar-refractivity contribution < 1.29 is 4.74 Å². The van der Waals surface area contributed by atoms with Crippen LogP contribution < -0.4 is 5.32 Å². The van der Waals surface area contributed by atoms with Gasteiger partial charge in [-0.2, -0.15) is 11.3 Å². The summed E-state index contributed by atoms with van der Waals surface area (Å²) in [5, 5.41) is 7.84. The molecule has 2 heterocycles. The van der Waals surface area contributed by atoms with Crippen molar-refractivity contribution in [3.8, 4) is 0 Å². The Morgan fingerprint density at radius 2 is 2.33 bits per heavy atom. The van der Waals surface area contributed by atoms with Gasteiger partial charge in [0, 0.05) is 31.1 Å². The van der Waals surface area contributed by atoms with E-state index in [9.17, 15) is 0 Å². The predicted octanol–water partition coefficient (Wildman–Crippen LogP) is 1.95. The number of hydrogen-bond acceptors (Lipinski definition) is 4. The molecule has 0 spiro atoms. The van der Waals surface area contributed by atoms with Gasteiger partial charge >= 0.3 is 0 Å². The van der Waals surface area contributed by atoms with Crippen LogP contribution in [0.3, 0.4) is 0 Å². The molecule has 0 bridgehead atoms. The fraction of sp³-hybridized carbons (Fsp3) is 0.714. The molecule has 3 nitrogen and oxygen atoms in total. The van der Waals surface area contributed by atoms with Crippen LogP contribution in [0.25, 0.3) is 0 Å². The van der Waals surface area contributed by atoms with Gasteiger partial charge in [0.1, 0.15) is 0 Å². The van der Waals surface area contributed by atoms with E-state index >= 15 is 0 Å². The second kappa shape index (κ2) is 5.70. The van der Waals surface area contributed by atoms with Crippen LogP contribution in [0.15, 0.2) is 16.8 Å². The number of nitrogens with one attached hydrogen (secondary N) is 1. The third kappa shape index (κ3) is 2.94. The summed E-state index contributed by atoms with van der Waals surface area (Å²) in [5.41, 5.74) is 1.46. The first-order valence-electron chi connectivity index (χ1n) is 6.87.